The highest BCUT2D eigenvalue weighted by Gasteiger charge is 2.32. The first-order valence-corrected chi connectivity index (χ1v) is 12.5. The van der Waals surface area contributed by atoms with Crippen LogP contribution in [-0.2, 0) is 23.9 Å². The number of aryl methyl sites for hydroxylation is 1. The van der Waals surface area contributed by atoms with Gasteiger partial charge in [-0.25, -0.2) is 19.1 Å². The van der Waals surface area contributed by atoms with Crippen LogP contribution in [0.2, 0.25) is 0 Å². The number of nitrogens with one attached hydrogen (secondary N) is 2. The van der Waals surface area contributed by atoms with Crippen molar-refractivity contribution in [2.45, 2.75) is 64.5 Å². The smallest absolute Gasteiger partial charge is 0.335 e. The average Bonchev–Trinajstić information content (AvgIpc) is 3.65. The molecule has 0 spiro atoms. The fraction of sp³-hybridized carbons (Fsp3) is 0.385. The lowest BCUT2D eigenvalue weighted by atomic mass is 9.78. The monoisotopic (exact) mass is 500 g/mol. The van der Waals surface area contributed by atoms with Crippen molar-refractivity contribution in [1.29, 1.82) is 0 Å². The maximum Gasteiger partial charge on any atom is 0.335 e. The maximum atomic E-state index is 14.0. The van der Waals surface area contributed by atoms with Gasteiger partial charge in [0, 0.05) is 24.0 Å². The number of aromatic amines is 1. The molecule has 1 aromatic carbocycles. The van der Waals surface area contributed by atoms with Gasteiger partial charge in [-0.15, -0.1) is 5.10 Å². The summed E-state index contributed by atoms with van der Waals surface area (Å²) >= 11 is 0. The summed E-state index contributed by atoms with van der Waals surface area (Å²) in [6.45, 7) is 8.71. The molecule has 4 heterocycles. The summed E-state index contributed by atoms with van der Waals surface area (Å²) in [6.07, 6.45) is 14.2. The van der Waals surface area contributed by atoms with Gasteiger partial charge in [-0.1, -0.05) is 43.7 Å². The van der Waals surface area contributed by atoms with Crippen molar-refractivity contribution >= 4 is 0 Å². The zero-order valence-corrected chi connectivity index (χ0v) is 21.6. The second kappa shape index (κ2) is 9.64. The quantitative estimate of drug-likeness (QED) is 0.381. The summed E-state index contributed by atoms with van der Waals surface area (Å²) in [5, 5.41) is 21.9. The Morgan fingerprint density at radius 3 is 2.65 bits per heavy atom. The summed E-state index contributed by atoms with van der Waals surface area (Å²) in [4.78, 5) is 18.4. The van der Waals surface area contributed by atoms with Gasteiger partial charge in [0.05, 0.1) is 11.0 Å². The molecule has 0 aliphatic carbocycles. The number of hydrogen-bond acceptors (Lipinski definition) is 7. The molecule has 1 aliphatic heterocycles. The van der Waals surface area contributed by atoms with E-state index in [0.717, 1.165) is 36.1 Å². The van der Waals surface area contributed by atoms with Crippen LogP contribution in [0.5, 0.6) is 0 Å². The number of H-pyrrole nitrogens is 1. The number of hydrogen-bond donors (Lipinski definition) is 2. The lowest BCUT2D eigenvalue weighted by molar-refractivity contribution is 0.349. The molecule has 0 bridgehead atoms. The number of tetrazole rings is 1. The highest BCUT2D eigenvalue weighted by molar-refractivity contribution is 5.57. The van der Waals surface area contributed by atoms with Crippen molar-refractivity contribution in [2.24, 2.45) is 0 Å². The van der Waals surface area contributed by atoms with Gasteiger partial charge in [-0.2, -0.15) is 10.1 Å². The zero-order valence-electron chi connectivity index (χ0n) is 21.6. The van der Waals surface area contributed by atoms with E-state index >= 15 is 0 Å². The topological polar surface area (TPSA) is 124 Å². The first kappa shape index (κ1) is 24.4. The molecule has 1 aliphatic rings. The molecule has 0 fully saturated rings. The van der Waals surface area contributed by atoms with Crippen LogP contribution in [-0.4, -0.2) is 44.5 Å². The van der Waals surface area contributed by atoms with Crippen LogP contribution in [0.4, 0.5) is 0 Å². The van der Waals surface area contributed by atoms with E-state index in [4.69, 9.17) is 0 Å². The summed E-state index contributed by atoms with van der Waals surface area (Å²) in [6, 6.07) is 8.07. The molecule has 0 atom stereocenters. The van der Waals surface area contributed by atoms with Crippen molar-refractivity contribution in [3.63, 3.8) is 0 Å². The maximum absolute atomic E-state index is 14.0. The number of allylic oxidation sites excluding steroid dienone is 2. The van der Waals surface area contributed by atoms with Gasteiger partial charge in [0.2, 0.25) is 5.95 Å². The molecule has 37 heavy (non-hydrogen) atoms. The van der Waals surface area contributed by atoms with Gasteiger partial charge < -0.3 is 5.32 Å². The van der Waals surface area contributed by atoms with Crippen molar-refractivity contribution in [3.05, 3.63) is 83.1 Å². The third-order valence-corrected chi connectivity index (χ3v) is 6.62. The number of dihydropyridines is 1. The van der Waals surface area contributed by atoms with Gasteiger partial charge >= 0.3 is 5.69 Å². The fourth-order valence-electron chi connectivity index (χ4n) is 4.66. The van der Waals surface area contributed by atoms with Crippen LogP contribution < -0.4 is 11.0 Å². The summed E-state index contributed by atoms with van der Waals surface area (Å²) in [5.74, 6) is 1.10. The summed E-state index contributed by atoms with van der Waals surface area (Å²) in [5.41, 5.74) is 1.83. The van der Waals surface area contributed by atoms with Gasteiger partial charge in [0.25, 0.3) is 0 Å². The number of imidazole rings is 1. The van der Waals surface area contributed by atoms with Crippen molar-refractivity contribution in [2.75, 3.05) is 0 Å². The second-order valence-corrected chi connectivity index (χ2v) is 10.3. The largest absolute Gasteiger partial charge is 0.368 e. The number of nitrogens with zero attached hydrogens (tertiary/aromatic N) is 8. The van der Waals surface area contributed by atoms with E-state index in [-0.39, 0.29) is 11.2 Å². The lowest BCUT2D eigenvalue weighted by Crippen LogP contribution is -2.37. The molecule has 0 radical (unpaired) electrons. The summed E-state index contributed by atoms with van der Waals surface area (Å²) in [7, 11) is 0. The van der Waals surface area contributed by atoms with E-state index in [1.54, 1.807) is 9.25 Å². The van der Waals surface area contributed by atoms with Crippen LogP contribution in [0.15, 0.2) is 66.1 Å². The average molecular weight is 501 g/mol. The minimum atomic E-state index is -0.566. The molecule has 4 aromatic rings. The molecule has 11 heteroatoms. The van der Waals surface area contributed by atoms with Crippen LogP contribution in [0, 0.1) is 0 Å². The Labute approximate surface area is 214 Å². The standard InChI is InChI=1S/C26H32N10O/c1-5-6-10-21-16-34(23-28-18-29-36(23)25(2,3)4)24(37)35(21)17-26(11-13-27-14-12-26)20-9-7-8-19(15-20)22-30-32-33-31-22/h7-9,11-16,18,27H,5-6,10,17H2,1-4H3,(H,30,31,32,33). The third kappa shape index (κ3) is 4.64. The van der Waals surface area contributed by atoms with Gasteiger partial charge in [-0.05, 0) is 68.1 Å². The molecule has 11 nitrogen and oxygen atoms in total. The van der Waals surface area contributed by atoms with E-state index < -0.39 is 5.41 Å². The predicted molar refractivity (Wildman–Crippen MR) is 140 cm³/mol. The van der Waals surface area contributed by atoms with Crippen molar-refractivity contribution < 1.29 is 0 Å². The molecular weight excluding hydrogens is 468 g/mol. The zero-order chi connectivity index (χ0) is 26.0. The Hall–Kier alpha value is -4.28. The molecule has 3 aromatic heterocycles. The second-order valence-electron chi connectivity index (χ2n) is 10.3. The highest BCUT2D eigenvalue weighted by atomic mass is 16.2. The Morgan fingerprint density at radius 2 is 1.95 bits per heavy atom. The van der Waals surface area contributed by atoms with Crippen LogP contribution in [0.3, 0.4) is 0 Å². The first-order valence-electron chi connectivity index (χ1n) is 12.5. The molecular formula is C26H32N10O. The van der Waals surface area contributed by atoms with E-state index in [9.17, 15) is 4.79 Å². The molecule has 0 unspecified atom stereocenters. The molecule has 192 valence electrons. The minimum absolute atomic E-state index is 0.139. The van der Waals surface area contributed by atoms with E-state index in [1.807, 2.05) is 56.1 Å². The summed E-state index contributed by atoms with van der Waals surface area (Å²) < 4.78 is 5.29. The number of unbranched alkanes of at least 4 members (excludes halogenated alkanes) is 1. The Morgan fingerprint density at radius 1 is 1.14 bits per heavy atom. The third-order valence-electron chi connectivity index (χ3n) is 6.62. The normalized spacial score (nSPS) is 14.7. The number of aromatic nitrogens is 9. The van der Waals surface area contributed by atoms with Crippen molar-refractivity contribution in [3.8, 4) is 17.3 Å². The van der Waals surface area contributed by atoms with Gasteiger partial charge in [0.15, 0.2) is 5.82 Å². The van der Waals surface area contributed by atoms with Crippen LogP contribution in [0.25, 0.3) is 17.3 Å². The van der Waals surface area contributed by atoms with Crippen LogP contribution in [0.1, 0.15) is 51.8 Å². The van der Waals surface area contributed by atoms with Gasteiger partial charge in [-0.3, -0.25) is 4.57 Å². The predicted octanol–water partition coefficient (Wildman–Crippen LogP) is 3.08. The van der Waals surface area contributed by atoms with Crippen LogP contribution >= 0.6 is 0 Å². The minimum Gasteiger partial charge on any atom is -0.368 e. The van der Waals surface area contributed by atoms with E-state index in [1.165, 1.54) is 6.33 Å². The molecule has 0 saturated carbocycles. The number of rotatable bonds is 8. The van der Waals surface area contributed by atoms with E-state index in [0.29, 0.717) is 18.3 Å². The molecule has 0 amide bonds. The Bertz CT molecular complexity index is 1470. The number of benzene rings is 1. The highest BCUT2D eigenvalue weighted by Crippen LogP contribution is 2.33. The SMILES string of the molecule is CCCCc1cn(-c2ncnn2C(C)(C)C)c(=O)n1CC1(c2cccc(-c3nnn[nH]3)c2)C=CNC=C1. The van der Waals surface area contributed by atoms with Gasteiger partial charge in [0.1, 0.15) is 6.33 Å². The molecule has 0 saturated heterocycles. The Balaban J connectivity index is 1.63. The molecule has 2 N–H and O–H groups in total. The Kier molecular flexibility index (Phi) is 6.36. The first-order chi connectivity index (χ1) is 17.8. The molecule has 5 rings (SSSR count). The fourth-order valence-corrected chi connectivity index (χ4v) is 4.66. The lowest BCUT2D eigenvalue weighted by Gasteiger charge is -2.31. The van der Waals surface area contributed by atoms with E-state index in [2.05, 4.69) is 67.2 Å². The van der Waals surface area contributed by atoms with Crippen molar-refractivity contribution in [1.82, 2.24) is 49.8 Å².